The lowest BCUT2D eigenvalue weighted by molar-refractivity contribution is 0.424. The molecule has 0 aliphatic carbocycles. The Hall–Kier alpha value is -2.34. The van der Waals surface area contributed by atoms with Crippen molar-refractivity contribution in [1.29, 1.82) is 0 Å². The topological polar surface area (TPSA) is 110 Å². The van der Waals surface area contributed by atoms with E-state index in [2.05, 4.69) is 35.4 Å². The second-order valence-corrected chi connectivity index (χ2v) is 8.44. The fourth-order valence-electron chi connectivity index (χ4n) is 2.54. The maximum absolute atomic E-state index is 11.2. The van der Waals surface area contributed by atoms with Gasteiger partial charge in [0.05, 0.1) is 5.69 Å². The van der Waals surface area contributed by atoms with E-state index in [-0.39, 0.29) is 0 Å². The minimum absolute atomic E-state index is 0.527. The van der Waals surface area contributed by atoms with Gasteiger partial charge in [0, 0.05) is 39.6 Å². The van der Waals surface area contributed by atoms with Crippen LogP contribution in [-0.4, -0.2) is 94.9 Å². The third-order valence-electron chi connectivity index (χ3n) is 4.26. The van der Waals surface area contributed by atoms with Crippen LogP contribution < -0.4 is 14.9 Å². The Bertz CT molecular complexity index is 784. The lowest BCUT2D eigenvalue weighted by Crippen LogP contribution is -2.23. The summed E-state index contributed by atoms with van der Waals surface area (Å²) in [6.45, 7) is 3.19. The van der Waals surface area contributed by atoms with Crippen molar-refractivity contribution in [3.63, 3.8) is 0 Å². The Morgan fingerprint density at radius 3 is 1.80 bits per heavy atom. The highest BCUT2D eigenvalue weighted by Crippen LogP contribution is 2.17. The number of hydrogen-bond acceptors (Lipinski definition) is 8. The summed E-state index contributed by atoms with van der Waals surface area (Å²) in [6, 6.07) is 7.41. The van der Waals surface area contributed by atoms with Crippen LogP contribution in [0.2, 0.25) is 0 Å². The second kappa shape index (κ2) is 11.7. The van der Waals surface area contributed by atoms with E-state index in [1.165, 1.54) is 4.31 Å². The summed E-state index contributed by atoms with van der Waals surface area (Å²) in [6.07, 6.45) is 0.527. The Balaban J connectivity index is 2.14. The van der Waals surface area contributed by atoms with E-state index >= 15 is 0 Å². The normalized spacial score (nSPS) is 12.3. The Morgan fingerprint density at radius 2 is 1.37 bits per heavy atom. The zero-order valence-electron chi connectivity index (χ0n) is 18.3. The Kier molecular flexibility index (Phi) is 9.37. The molecule has 0 aliphatic rings. The van der Waals surface area contributed by atoms with Gasteiger partial charge in [0.2, 0.25) is 11.9 Å². The third kappa shape index (κ3) is 8.19. The number of rotatable bonds is 12. The van der Waals surface area contributed by atoms with Gasteiger partial charge in [-0.15, -0.1) is 0 Å². The van der Waals surface area contributed by atoms with Crippen LogP contribution >= 0.6 is 0 Å². The number of hydrogen-bond donors (Lipinski definition) is 3. The van der Waals surface area contributed by atoms with Crippen molar-refractivity contribution in [2.45, 2.75) is 6.42 Å². The van der Waals surface area contributed by atoms with Gasteiger partial charge in [0.25, 0.3) is 11.3 Å². The van der Waals surface area contributed by atoms with Gasteiger partial charge in [-0.25, -0.2) is 4.21 Å². The van der Waals surface area contributed by atoms with E-state index in [0.717, 1.165) is 31.7 Å². The molecule has 1 heterocycles. The largest absolute Gasteiger partial charge is 0.353 e. The van der Waals surface area contributed by atoms with Crippen molar-refractivity contribution in [1.82, 2.24) is 24.8 Å². The van der Waals surface area contributed by atoms with Crippen LogP contribution in [-0.2, 0) is 17.7 Å². The van der Waals surface area contributed by atoms with E-state index in [0.29, 0.717) is 29.8 Å². The van der Waals surface area contributed by atoms with Gasteiger partial charge in [-0.05, 0) is 45.9 Å². The van der Waals surface area contributed by atoms with Crippen molar-refractivity contribution in [2.75, 3.05) is 76.4 Å². The van der Waals surface area contributed by atoms with Crippen LogP contribution in [0.1, 0.15) is 11.4 Å². The number of nitrogens with zero attached hydrogens (tertiary/aromatic N) is 6. The molecule has 166 valence electrons. The Morgan fingerprint density at radius 1 is 0.867 bits per heavy atom. The number of likely N-dealkylation sites (N-methyl/N-ethyl adjacent to an activating group) is 2. The van der Waals surface area contributed by atoms with Gasteiger partial charge < -0.3 is 20.4 Å². The van der Waals surface area contributed by atoms with E-state index in [1.807, 2.05) is 40.3 Å². The van der Waals surface area contributed by atoms with Crippen LogP contribution in [0.15, 0.2) is 24.3 Å². The van der Waals surface area contributed by atoms with Gasteiger partial charge >= 0.3 is 0 Å². The van der Waals surface area contributed by atoms with Gasteiger partial charge in [-0.1, -0.05) is 12.1 Å². The van der Waals surface area contributed by atoms with Crippen LogP contribution in [0.4, 0.5) is 17.6 Å². The molecular formula is C19H32N8O2S. The highest BCUT2D eigenvalue weighted by Gasteiger charge is 2.10. The molecule has 1 atom stereocenters. The van der Waals surface area contributed by atoms with Crippen molar-refractivity contribution in [2.24, 2.45) is 0 Å². The number of benzene rings is 1. The first-order valence-electron chi connectivity index (χ1n) is 9.70. The minimum Gasteiger partial charge on any atom is -0.353 e. The molecule has 1 unspecified atom stereocenters. The van der Waals surface area contributed by atoms with Crippen LogP contribution in [0, 0.1) is 0 Å². The van der Waals surface area contributed by atoms with Crippen molar-refractivity contribution >= 4 is 28.9 Å². The monoisotopic (exact) mass is 436 g/mol. The molecule has 0 spiro atoms. The molecule has 0 radical (unpaired) electrons. The second-order valence-electron chi connectivity index (χ2n) is 7.43. The quantitative estimate of drug-likeness (QED) is 0.419. The maximum Gasteiger partial charge on any atom is 0.261 e. The molecule has 11 heteroatoms. The summed E-state index contributed by atoms with van der Waals surface area (Å²) < 4.78 is 21.7. The predicted octanol–water partition coefficient (Wildman–Crippen LogP) is 0.982. The fraction of sp³-hybridized carbons (Fsp3) is 0.526. The molecule has 2 aromatic rings. The molecule has 30 heavy (non-hydrogen) atoms. The summed E-state index contributed by atoms with van der Waals surface area (Å²) in [4.78, 5) is 17.8. The smallest absolute Gasteiger partial charge is 0.261 e. The average molecular weight is 437 g/mol. The lowest BCUT2D eigenvalue weighted by Gasteiger charge is -2.15. The average Bonchev–Trinajstić information content (AvgIpc) is 2.67. The maximum atomic E-state index is 11.2. The Labute approximate surface area is 181 Å². The molecule has 2 rings (SSSR count). The molecule has 0 fully saturated rings. The lowest BCUT2D eigenvalue weighted by atomic mass is 10.1. The van der Waals surface area contributed by atoms with E-state index in [1.54, 1.807) is 19.2 Å². The summed E-state index contributed by atoms with van der Waals surface area (Å²) in [5.41, 5.74) is 1.66. The summed E-state index contributed by atoms with van der Waals surface area (Å²) in [5.74, 6) is 1.74. The number of nitrogens with one attached hydrogen (secondary N) is 2. The van der Waals surface area contributed by atoms with Gasteiger partial charge in [0.1, 0.15) is 5.82 Å². The predicted molar refractivity (Wildman–Crippen MR) is 122 cm³/mol. The van der Waals surface area contributed by atoms with Crippen LogP contribution in [0.3, 0.4) is 0 Å². The van der Waals surface area contributed by atoms with Crippen molar-refractivity contribution in [3.05, 3.63) is 35.7 Å². The molecule has 1 aromatic heterocycles. The van der Waals surface area contributed by atoms with E-state index in [4.69, 9.17) is 0 Å². The van der Waals surface area contributed by atoms with E-state index < -0.39 is 11.3 Å². The first-order chi connectivity index (χ1) is 14.2. The zero-order chi connectivity index (χ0) is 22.1. The highest BCUT2D eigenvalue weighted by molar-refractivity contribution is 7.80. The van der Waals surface area contributed by atoms with Gasteiger partial charge in [0.15, 0.2) is 0 Å². The molecule has 1 aromatic carbocycles. The summed E-state index contributed by atoms with van der Waals surface area (Å²) in [7, 11) is 9.63. The van der Waals surface area contributed by atoms with Gasteiger partial charge in [-0.2, -0.15) is 15.0 Å². The summed E-state index contributed by atoms with van der Waals surface area (Å²) in [5, 5.41) is 6.51. The summed E-state index contributed by atoms with van der Waals surface area (Å²) >= 11 is -2.05. The van der Waals surface area contributed by atoms with Crippen molar-refractivity contribution in [3.8, 4) is 0 Å². The molecule has 3 N–H and O–H groups in total. The highest BCUT2D eigenvalue weighted by atomic mass is 32.2. The molecule has 0 saturated heterocycles. The number of anilines is 3. The first kappa shape index (κ1) is 23.9. The SMILES string of the molecule is CN(C)CCNc1nc(Cc2ccc(N(C)S(=O)O)cc2)nc(NCCN(C)C)n1. The molecular weight excluding hydrogens is 404 g/mol. The molecule has 0 bridgehead atoms. The molecule has 0 amide bonds. The van der Waals surface area contributed by atoms with Crippen LogP contribution in [0.25, 0.3) is 0 Å². The van der Waals surface area contributed by atoms with Crippen molar-refractivity contribution < 1.29 is 8.76 Å². The fourth-order valence-corrected chi connectivity index (χ4v) is 2.84. The standard InChI is InChI=1S/C19H32N8O2S/c1-25(2)12-10-20-18-22-17(23-19(24-18)21-11-13-26(3)4)14-15-6-8-16(9-7-15)27(5)30(28)29/h6-9H,10-14H2,1-5H3,(H,28,29)(H2,20,21,22,23,24). The first-order valence-corrected chi connectivity index (χ1v) is 10.8. The molecule has 0 saturated carbocycles. The van der Waals surface area contributed by atoms with Gasteiger partial charge in [-0.3, -0.25) is 8.86 Å². The number of aromatic nitrogens is 3. The third-order valence-corrected chi connectivity index (χ3v) is 4.94. The zero-order valence-corrected chi connectivity index (χ0v) is 19.1. The minimum atomic E-state index is -2.05. The molecule has 0 aliphatic heterocycles. The van der Waals surface area contributed by atoms with E-state index in [9.17, 15) is 8.76 Å². The molecule has 10 nitrogen and oxygen atoms in total. The van der Waals surface area contributed by atoms with Crippen LogP contribution in [0.5, 0.6) is 0 Å².